The summed E-state index contributed by atoms with van der Waals surface area (Å²) >= 11 is 6.20. The average Bonchev–Trinajstić information content (AvgIpc) is 2.75. The number of amides is 2. The largest absolute Gasteiger partial charge is 0.491 e. The Morgan fingerprint density at radius 3 is 2.48 bits per heavy atom. The minimum Gasteiger partial charge on any atom is -0.491 e. The fourth-order valence-electron chi connectivity index (χ4n) is 2.97. The maximum atomic E-state index is 13.1. The van der Waals surface area contributed by atoms with Gasteiger partial charge in [0.2, 0.25) is 11.8 Å². The number of likely N-dealkylation sites (N-methyl/N-ethyl adjacent to an activating group) is 1. The molecule has 33 heavy (non-hydrogen) atoms. The third kappa shape index (κ3) is 7.15. The molecule has 0 aliphatic rings. The third-order valence-corrected chi connectivity index (χ3v) is 4.77. The van der Waals surface area contributed by atoms with Gasteiger partial charge < -0.3 is 19.7 Å². The number of hydrogen-bond donors (Lipinski definition) is 1. The molecular weight excluding hydrogens is 461 g/mol. The molecule has 0 spiro atoms. The maximum absolute atomic E-state index is 13.1. The van der Waals surface area contributed by atoms with E-state index in [0.29, 0.717) is 28.7 Å². The number of methoxy groups -OCH3 is 1. The van der Waals surface area contributed by atoms with Crippen molar-refractivity contribution in [2.24, 2.45) is 0 Å². The van der Waals surface area contributed by atoms with Gasteiger partial charge in [0.05, 0.1) is 30.0 Å². The number of rotatable bonds is 9. The molecule has 2 amide bonds. The Bertz CT molecular complexity index is 1030. The second-order valence-electron chi connectivity index (χ2n) is 6.74. The molecule has 0 aliphatic heterocycles. The van der Waals surface area contributed by atoms with Gasteiger partial charge in [-0.1, -0.05) is 23.7 Å². The number of hydrogen-bond acceptors (Lipinski definition) is 4. The topological polar surface area (TPSA) is 67.9 Å². The SMILES string of the molecule is CCOc1cc(/C=C/C(=O)N(CC)CC(=O)Nc2ccccc2C(F)(F)F)cc(Cl)c1OC. The Morgan fingerprint density at radius 1 is 1.18 bits per heavy atom. The van der Waals surface area contributed by atoms with E-state index in [0.717, 1.165) is 12.1 Å². The van der Waals surface area contributed by atoms with Crippen LogP contribution in [-0.4, -0.2) is 43.5 Å². The maximum Gasteiger partial charge on any atom is 0.418 e. The lowest BCUT2D eigenvalue weighted by Crippen LogP contribution is -2.37. The molecule has 2 aromatic rings. The number of benzene rings is 2. The van der Waals surface area contributed by atoms with E-state index in [9.17, 15) is 22.8 Å². The summed E-state index contributed by atoms with van der Waals surface area (Å²) in [6, 6.07) is 7.87. The van der Waals surface area contributed by atoms with E-state index < -0.39 is 30.1 Å². The molecule has 0 fully saturated rings. The van der Waals surface area contributed by atoms with Crippen molar-refractivity contribution in [2.75, 3.05) is 32.1 Å². The lowest BCUT2D eigenvalue weighted by atomic mass is 10.1. The van der Waals surface area contributed by atoms with Gasteiger partial charge in [0.1, 0.15) is 6.54 Å². The van der Waals surface area contributed by atoms with Crippen LogP contribution >= 0.6 is 11.6 Å². The highest BCUT2D eigenvalue weighted by Gasteiger charge is 2.33. The summed E-state index contributed by atoms with van der Waals surface area (Å²) < 4.78 is 50.1. The van der Waals surface area contributed by atoms with Gasteiger partial charge in [-0.05, 0) is 49.8 Å². The highest BCUT2D eigenvalue weighted by Crippen LogP contribution is 2.37. The van der Waals surface area contributed by atoms with Gasteiger partial charge in [0, 0.05) is 12.6 Å². The van der Waals surface area contributed by atoms with Crippen LogP contribution in [0, 0.1) is 0 Å². The Labute approximate surface area is 194 Å². The van der Waals surface area contributed by atoms with Crippen LogP contribution in [0.1, 0.15) is 25.0 Å². The minimum absolute atomic E-state index is 0.172. The number of nitrogens with zero attached hydrogens (tertiary/aromatic N) is 1. The molecule has 178 valence electrons. The van der Waals surface area contributed by atoms with Crippen molar-refractivity contribution in [3.63, 3.8) is 0 Å². The van der Waals surface area contributed by atoms with Crippen molar-refractivity contribution >= 4 is 35.2 Å². The molecule has 0 bridgehead atoms. The number of carbonyl (C=O) groups is 2. The van der Waals surface area contributed by atoms with E-state index in [1.807, 2.05) is 0 Å². The predicted octanol–water partition coefficient (Wildman–Crippen LogP) is 5.27. The number of nitrogens with one attached hydrogen (secondary N) is 1. The Kier molecular flexibility index (Phi) is 9.16. The Morgan fingerprint density at radius 2 is 1.88 bits per heavy atom. The summed E-state index contributed by atoms with van der Waals surface area (Å²) in [4.78, 5) is 26.1. The summed E-state index contributed by atoms with van der Waals surface area (Å²) in [5.41, 5.74) is -0.767. The molecule has 0 saturated heterocycles. The molecular formula is C23H24ClF3N2O4. The lowest BCUT2D eigenvalue weighted by Gasteiger charge is -2.20. The highest BCUT2D eigenvalue weighted by molar-refractivity contribution is 6.32. The number of carbonyl (C=O) groups excluding carboxylic acids is 2. The third-order valence-electron chi connectivity index (χ3n) is 4.49. The summed E-state index contributed by atoms with van der Waals surface area (Å²) in [5.74, 6) is -0.467. The van der Waals surface area contributed by atoms with Crippen molar-refractivity contribution in [3.8, 4) is 11.5 Å². The summed E-state index contributed by atoms with van der Waals surface area (Å²) in [5, 5.41) is 2.52. The van der Waals surface area contributed by atoms with Gasteiger partial charge in [-0.15, -0.1) is 0 Å². The van der Waals surface area contributed by atoms with E-state index in [1.54, 1.807) is 26.0 Å². The molecule has 0 heterocycles. The second kappa shape index (κ2) is 11.6. The molecule has 2 aromatic carbocycles. The zero-order valence-electron chi connectivity index (χ0n) is 18.3. The minimum atomic E-state index is -4.62. The van der Waals surface area contributed by atoms with Crippen molar-refractivity contribution < 1.29 is 32.2 Å². The number of alkyl halides is 3. The Balaban J connectivity index is 2.12. The van der Waals surface area contributed by atoms with E-state index in [-0.39, 0.29) is 12.2 Å². The zero-order valence-corrected chi connectivity index (χ0v) is 19.1. The molecule has 1 N–H and O–H groups in total. The first-order valence-corrected chi connectivity index (χ1v) is 10.4. The van der Waals surface area contributed by atoms with Crippen LogP contribution in [0.15, 0.2) is 42.5 Å². The number of ether oxygens (including phenoxy) is 2. The molecule has 0 atom stereocenters. The van der Waals surface area contributed by atoms with Gasteiger partial charge in [0.25, 0.3) is 0 Å². The smallest absolute Gasteiger partial charge is 0.418 e. The van der Waals surface area contributed by atoms with Gasteiger partial charge in [-0.3, -0.25) is 9.59 Å². The number of anilines is 1. The first-order chi connectivity index (χ1) is 15.6. The van der Waals surface area contributed by atoms with Gasteiger partial charge in [-0.25, -0.2) is 0 Å². The summed E-state index contributed by atoms with van der Waals surface area (Å²) in [6.07, 6.45) is -1.88. The highest BCUT2D eigenvalue weighted by atomic mass is 35.5. The summed E-state index contributed by atoms with van der Waals surface area (Å²) in [6.45, 7) is 3.59. The van der Waals surface area contributed by atoms with Crippen LogP contribution in [0.5, 0.6) is 11.5 Å². The average molecular weight is 485 g/mol. The van der Waals surface area contributed by atoms with Crippen molar-refractivity contribution in [3.05, 3.63) is 58.6 Å². The van der Waals surface area contributed by atoms with Crippen LogP contribution in [0.4, 0.5) is 18.9 Å². The van der Waals surface area contributed by atoms with Gasteiger partial charge >= 0.3 is 6.18 Å². The van der Waals surface area contributed by atoms with E-state index in [4.69, 9.17) is 21.1 Å². The molecule has 0 aliphatic carbocycles. The van der Waals surface area contributed by atoms with Gasteiger partial charge in [-0.2, -0.15) is 13.2 Å². The normalized spacial score (nSPS) is 11.4. The molecule has 0 aromatic heterocycles. The zero-order chi connectivity index (χ0) is 24.6. The van der Waals surface area contributed by atoms with Crippen LogP contribution in [0.3, 0.4) is 0 Å². The molecule has 10 heteroatoms. The molecule has 0 unspecified atom stereocenters. The van der Waals surface area contributed by atoms with Crippen LogP contribution in [0.2, 0.25) is 5.02 Å². The van der Waals surface area contributed by atoms with Crippen molar-refractivity contribution in [2.45, 2.75) is 20.0 Å². The molecule has 6 nitrogen and oxygen atoms in total. The fourth-order valence-corrected chi connectivity index (χ4v) is 3.26. The summed E-state index contributed by atoms with van der Waals surface area (Å²) in [7, 11) is 1.46. The fraction of sp³-hybridized carbons (Fsp3) is 0.304. The quantitative estimate of drug-likeness (QED) is 0.493. The number of halogens is 4. The van der Waals surface area contributed by atoms with Crippen LogP contribution in [-0.2, 0) is 15.8 Å². The van der Waals surface area contributed by atoms with E-state index in [2.05, 4.69) is 5.32 Å². The van der Waals surface area contributed by atoms with E-state index >= 15 is 0 Å². The Hall–Kier alpha value is -3.20. The second-order valence-corrected chi connectivity index (χ2v) is 7.15. The first kappa shape index (κ1) is 26.1. The molecule has 0 radical (unpaired) electrons. The van der Waals surface area contributed by atoms with Crippen molar-refractivity contribution in [1.82, 2.24) is 4.90 Å². The van der Waals surface area contributed by atoms with Crippen LogP contribution in [0.25, 0.3) is 6.08 Å². The molecule has 2 rings (SSSR count). The number of para-hydroxylation sites is 1. The van der Waals surface area contributed by atoms with Crippen molar-refractivity contribution in [1.29, 1.82) is 0 Å². The van der Waals surface area contributed by atoms with Crippen LogP contribution < -0.4 is 14.8 Å². The first-order valence-electron chi connectivity index (χ1n) is 10.0. The predicted molar refractivity (Wildman–Crippen MR) is 121 cm³/mol. The standard InChI is InChI=1S/C23H24ClF3N2O4/c1-4-29(14-20(30)28-18-9-7-6-8-16(18)23(25,26)27)21(31)11-10-15-12-17(24)22(32-3)19(13-15)33-5-2/h6-13H,4-5,14H2,1-3H3,(H,28,30)/b11-10+. The lowest BCUT2D eigenvalue weighted by molar-refractivity contribution is -0.137. The monoisotopic (exact) mass is 484 g/mol. The molecule has 0 saturated carbocycles. The van der Waals surface area contributed by atoms with E-state index in [1.165, 1.54) is 36.3 Å². The van der Waals surface area contributed by atoms with Gasteiger partial charge in [0.15, 0.2) is 11.5 Å².